The molecule has 0 atom stereocenters. The molecule has 2 N–H and O–H groups in total. The Kier molecular flexibility index (Phi) is 5.45. The van der Waals surface area contributed by atoms with Gasteiger partial charge in [0.1, 0.15) is 12.1 Å². The summed E-state index contributed by atoms with van der Waals surface area (Å²) in [5.74, 6) is -0.166. The molecule has 31 heavy (non-hydrogen) atoms. The Balaban J connectivity index is 1.40. The summed E-state index contributed by atoms with van der Waals surface area (Å²) in [6, 6.07) is 8.95. The molecule has 7 heteroatoms. The molecule has 2 heterocycles. The summed E-state index contributed by atoms with van der Waals surface area (Å²) in [4.78, 5) is 43.6. The molecule has 2 fully saturated rings. The average Bonchev–Trinajstić information content (AvgIpc) is 2.98. The third-order valence-electron chi connectivity index (χ3n) is 7.28. The van der Waals surface area contributed by atoms with Crippen LogP contribution in [0.3, 0.4) is 0 Å². The van der Waals surface area contributed by atoms with E-state index in [1.807, 2.05) is 30.3 Å². The first-order valence-corrected chi connectivity index (χ1v) is 11.0. The molecule has 1 aromatic heterocycles. The van der Waals surface area contributed by atoms with Crippen molar-refractivity contribution in [2.75, 3.05) is 11.9 Å². The molecule has 0 bridgehead atoms. The fraction of sp³-hybridized carbons (Fsp3) is 0.500. The summed E-state index contributed by atoms with van der Waals surface area (Å²) in [6.07, 6.45) is 5.70. The number of hydrogen-bond donors (Lipinski definition) is 2. The first-order chi connectivity index (χ1) is 14.7. The summed E-state index contributed by atoms with van der Waals surface area (Å²) < 4.78 is 0. The molecule has 1 aliphatic heterocycles. The molecule has 4 rings (SSSR count). The smallest absolute Gasteiger partial charge is 0.323 e. The summed E-state index contributed by atoms with van der Waals surface area (Å²) >= 11 is 0. The van der Waals surface area contributed by atoms with Crippen LogP contribution >= 0.6 is 0 Å². The van der Waals surface area contributed by atoms with E-state index in [1.165, 1.54) is 0 Å². The van der Waals surface area contributed by atoms with E-state index >= 15 is 0 Å². The first kappa shape index (κ1) is 21.3. The third-order valence-corrected chi connectivity index (χ3v) is 7.28. The number of amides is 4. The number of urea groups is 1. The van der Waals surface area contributed by atoms with E-state index in [0.29, 0.717) is 24.4 Å². The molecule has 1 aromatic carbocycles. The van der Waals surface area contributed by atoms with Crippen LogP contribution in [0.5, 0.6) is 0 Å². The Bertz CT molecular complexity index is 1020. The van der Waals surface area contributed by atoms with Crippen LogP contribution in [-0.4, -0.2) is 39.8 Å². The number of rotatable bonds is 5. The molecule has 4 amide bonds. The Morgan fingerprint density at radius 1 is 1.26 bits per heavy atom. The normalized spacial score (nSPS) is 24.0. The first-order valence-electron chi connectivity index (χ1n) is 11.0. The average molecular weight is 423 g/mol. The van der Waals surface area contributed by atoms with Gasteiger partial charge in [0, 0.05) is 5.39 Å². The van der Waals surface area contributed by atoms with E-state index in [2.05, 4.69) is 36.4 Å². The Morgan fingerprint density at radius 2 is 1.97 bits per heavy atom. The summed E-state index contributed by atoms with van der Waals surface area (Å²) in [7, 11) is 0. The van der Waals surface area contributed by atoms with Gasteiger partial charge in [0.25, 0.3) is 5.91 Å². The minimum Gasteiger partial charge on any atom is -0.323 e. The van der Waals surface area contributed by atoms with Gasteiger partial charge in [-0.25, -0.2) is 4.79 Å². The number of para-hydroxylation sites is 1. The van der Waals surface area contributed by atoms with Crippen LogP contribution in [0.2, 0.25) is 0 Å². The summed E-state index contributed by atoms with van der Waals surface area (Å²) in [5.41, 5.74) is 0.731. The molecule has 1 saturated carbocycles. The third kappa shape index (κ3) is 4.01. The van der Waals surface area contributed by atoms with Crippen molar-refractivity contribution in [1.82, 2.24) is 15.2 Å². The molecule has 0 unspecified atom stereocenters. The van der Waals surface area contributed by atoms with Gasteiger partial charge in [-0.1, -0.05) is 45.4 Å². The predicted octanol–water partition coefficient (Wildman–Crippen LogP) is 4.09. The van der Waals surface area contributed by atoms with Crippen LogP contribution in [-0.2, 0) is 9.59 Å². The van der Waals surface area contributed by atoms with E-state index in [4.69, 9.17) is 0 Å². The lowest BCUT2D eigenvalue weighted by molar-refractivity contribution is -0.135. The van der Waals surface area contributed by atoms with Crippen LogP contribution in [0.4, 0.5) is 10.5 Å². The van der Waals surface area contributed by atoms with Gasteiger partial charge in [0.15, 0.2) is 0 Å². The number of imide groups is 1. The van der Waals surface area contributed by atoms with Gasteiger partial charge >= 0.3 is 6.03 Å². The number of anilines is 1. The molecule has 1 spiro atoms. The summed E-state index contributed by atoms with van der Waals surface area (Å²) in [5, 5.41) is 6.55. The second kappa shape index (κ2) is 7.94. The van der Waals surface area contributed by atoms with Crippen LogP contribution in [0.15, 0.2) is 36.5 Å². The van der Waals surface area contributed by atoms with Crippen molar-refractivity contribution in [3.05, 3.63) is 36.5 Å². The highest BCUT2D eigenvalue weighted by Crippen LogP contribution is 2.45. The van der Waals surface area contributed by atoms with Crippen LogP contribution in [0.25, 0.3) is 10.9 Å². The second-order valence-electron chi connectivity index (χ2n) is 9.48. The lowest BCUT2D eigenvalue weighted by Gasteiger charge is -2.42. The highest BCUT2D eigenvalue weighted by Gasteiger charge is 2.53. The van der Waals surface area contributed by atoms with Crippen molar-refractivity contribution < 1.29 is 14.4 Å². The number of nitrogens with zero attached hydrogens (tertiary/aromatic N) is 2. The van der Waals surface area contributed by atoms with Gasteiger partial charge < -0.3 is 10.6 Å². The standard InChI is InChI=1S/C24H30N4O3/c1-4-23(2,3)17-9-11-24(12-10-17)21(30)28(22(31)27-24)15-20(29)26-18-13-16-7-5-6-8-19(16)25-14-18/h5-8,13-14,17H,4,9-12,15H2,1-3H3,(H,26,29)(H,27,31). The molecule has 0 radical (unpaired) electrons. The molecular formula is C24H30N4O3. The van der Waals surface area contributed by atoms with Gasteiger partial charge in [-0.15, -0.1) is 0 Å². The number of aromatic nitrogens is 1. The van der Waals surface area contributed by atoms with Crippen molar-refractivity contribution in [3.63, 3.8) is 0 Å². The van der Waals surface area contributed by atoms with E-state index in [-0.39, 0.29) is 17.9 Å². The molecule has 2 aromatic rings. The monoisotopic (exact) mass is 422 g/mol. The number of pyridine rings is 1. The Morgan fingerprint density at radius 3 is 2.68 bits per heavy atom. The number of nitrogens with one attached hydrogen (secondary N) is 2. The van der Waals surface area contributed by atoms with E-state index < -0.39 is 17.5 Å². The number of benzene rings is 1. The van der Waals surface area contributed by atoms with Crippen molar-refractivity contribution in [3.8, 4) is 0 Å². The Labute approximate surface area is 182 Å². The maximum Gasteiger partial charge on any atom is 0.325 e. The van der Waals surface area contributed by atoms with Crippen molar-refractivity contribution in [1.29, 1.82) is 0 Å². The van der Waals surface area contributed by atoms with Gasteiger partial charge in [0.05, 0.1) is 17.4 Å². The zero-order valence-corrected chi connectivity index (χ0v) is 18.4. The van der Waals surface area contributed by atoms with Crippen molar-refractivity contribution >= 4 is 34.4 Å². The number of hydrogen-bond acceptors (Lipinski definition) is 4. The van der Waals surface area contributed by atoms with Crippen molar-refractivity contribution in [2.45, 2.75) is 58.4 Å². The minimum absolute atomic E-state index is 0.223. The fourth-order valence-corrected chi connectivity index (χ4v) is 4.82. The fourth-order valence-electron chi connectivity index (χ4n) is 4.82. The molecule has 1 saturated heterocycles. The zero-order chi connectivity index (χ0) is 22.2. The lowest BCUT2D eigenvalue weighted by Crippen LogP contribution is -2.51. The minimum atomic E-state index is -0.859. The van der Waals surface area contributed by atoms with Gasteiger partial charge in [-0.05, 0) is 49.1 Å². The maximum absolute atomic E-state index is 13.1. The number of carbonyl (C=O) groups excluding carboxylic acids is 3. The van der Waals surface area contributed by atoms with Crippen LogP contribution in [0, 0.1) is 11.3 Å². The number of carbonyl (C=O) groups is 3. The van der Waals surface area contributed by atoms with Gasteiger partial charge in [0.2, 0.25) is 5.91 Å². The molecule has 1 aliphatic carbocycles. The van der Waals surface area contributed by atoms with Crippen LogP contribution < -0.4 is 10.6 Å². The molecule has 164 valence electrons. The molecule has 2 aliphatic rings. The topological polar surface area (TPSA) is 91.4 Å². The SMILES string of the molecule is CCC(C)(C)C1CCC2(CC1)NC(=O)N(CC(=O)Nc1cnc3ccccc3c1)C2=O. The Hall–Kier alpha value is -2.96. The quantitative estimate of drug-likeness (QED) is 0.710. The predicted molar refractivity (Wildman–Crippen MR) is 119 cm³/mol. The number of fused-ring (bicyclic) bond motifs is 1. The highest BCUT2D eigenvalue weighted by molar-refractivity contribution is 6.10. The molecule has 7 nitrogen and oxygen atoms in total. The maximum atomic E-state index is 13.1. The van der Waals surface area contributed by atoms with Gasteiger partial charge in [-0.2, -0.15) is 0 Å². The van der Waals surface area contributed by atoms with E-state index in [0.717, 1.165) is 35.1 Å². The summed E-state index contributed by atoms with van der Waals surface area (Å²) in [6.45, 7) is 6.42. The van der Waals surface area contributed by atoms with E-state index in [1.54, 1.807) is 6.20 Å². The van der Waals surface area contributed by atoms with E-state index in [9.17, 15) is 14.4 Å². The van der Waals surface area contributed by atoms with Crippen molar-refractivity contribution in [2.24, 2.45) is 11.3 Å². The van der Waals surface area contributed by atoms with Gasteiger partial charge in [-0.3, -0.25) is 19.5 Å². The molecular weight excluding hydrogens is 392 g/mol. The second-order valence-corrected chi connectivity index (χ2v) is 9.48. The lowest BCUT2D eigenvalue weighted by atomic mass is 9.65. The largest absolute Gasteiger partial charge is 0.325 e. The zero-order valence-electron chi connectivity index (χ0n) is 18.4. The van der Waals surface area contributed by atoms with Crippen LogP contribution in [0.1, 0.15) is 52.9 Å². The highest BCUT2D eigenvalue weighted by atomic mass is 16.2.